The second kappa shape index (κ2) is 5.53. The Hall–Kier alpha value is -1.68. The van der Waals surface area contributed by atoms with Gasteiger partial charge in [-0.15, -0.1) is 0 Å². The van der Waals surface area contributed by atoms with E-state index in [9.17, 15) is 9.18 Å². The molecule has 19 heavy (non-hydrogen) atoms. The van der Waals surface area contributed by atoms with Crippen molar-refractivity contribution in [1.29, 1.82) is 0 Å². The first-order valence-corrected chi connectivity index (χ1v) is 6.37. The standard InChI is InChI=1S/C14H14ClFN2O/c1-9(2)18-6-5-11(17-18)8-14(19)12-4-3-10(15)7-13(12)16/h3-7,9H,8H2,1-2H3. The Labute approximate surface area is 116 Å². The lowest BCUT2D eigenvalue weighted by Crippen LogP contribution is -2.08. The lowest BCUT2D eigenvalue weighted by Gasteiger charge is -2.04. The first-order valence-electron chi connectivity index (χ1n) is 5.99. The van der Waals surface area contributed by atoms with E-state index < -0.39 is 5.82 Å². The predicted molar refractivity (Wildman–Crippen MR) is 72.1 cm³/mol. The smallest absolute Gasteiger partial charge is 0.171 e. The summed E-state index contributed by atoms with van der Waals surface area (Å²) < 4.78 is 15.4. The quantitative estimate of drug-likeness (QED) is 0.801. The summed E-state index contributed by atoms with van der Waals surface area (Å²) in [5, 5.41) is 4.55. The van der Waals surface area contributed by atoms with Gasteiger partial charge in [-0.25, -0.2) is 4.39 Å². The number of rotatable bonds is 4. The molecule has 0 bridgehead atoms. The van der Waals surface area contributed by atoms with Crippen LogP contribution in [-0.4, -0.2) is 15.6 Å². The van der Waals surface area contributed by atoms with Crippen LogP contribution in [0.5, 0.6) is 0 Å². The maximum atomic E-state index is 13.6. The number of hydrogen-bond donors (Lipinski definition) is 0. The molecule has 0 saturated heterocycles. The van der Waals surface area contributed by atoms with Crippen LogP contribution in [0, 0.1) is 5.82 Å². The zero-order chi connectivity index (χ0) is 14.0. The molecule has 0 N–H and O–H groups in total. The summed E-state index contributed by atoms with van der Waals surface area (Å²) in [7, 11) is 0. The molecule has 0 aliphatic rings. The Morgan fingerprint density at radius 3 is 2.74 bits per heavy atom. The average molecular weight is 281 g/mol. The largest absolute Gasteiger partial charge is 0.294 e. The topological polar surface area (TPSA) is 34.9 Å². The van der Waals surface area contributed by atoms with Crippen LogP contribution in [0.4, 0.5) is 4.39 Å². The van der Waals surface area contributed by atoms with Crippen LogP contribution < -0.4 is 0 Å². The van der Waals surface area contributed by atoms with Crippen molar-refractivity contribution in [2.75, 3.05) is 0 Å². The third kappa shape index (κ3) is 3.20. The minimum absolute atomic E-state index is 0.0449. The molecule has 2 aromatic rings. The number of benzene rings is 1. The second-order valence-corrected chi connectivity index (χ2v) is 5.04. The van der Waals surface area contributed by atoms with Gasteiger partial charge in [-0.1, -0.05) is 11.6 Å². The normalized spacial score (nSPS) is 11.0. The van der Waals surface area contributed by atoms with Crippen LogP contribution in [0.2, 0.25) is 5.02 Å². The van der Waals surface area contributed by atoms with Gasteiger partial charge >= 0.3 is 0 Å². The van der Waals surface area contributed by atoms with Gasteiger partial charge in [-0.2, -0.15) is 5.10 Å². The summed E-state index contributed by atoms with van der Waals surface area (Å²) in [6.07, 6.45) is 1.89. The molecule has 100 valence electrons. The van der Waals surface area contributed by atoms with E-state index in [1.54, 1.807) is 10.7 Å². The van der Waals surface area contributed by atoms with Gasteiger partial charge in [0.2, 0.25) is 0 Å². The highest BCUT2D eigenvalue weighted by Gasteiger charge is 2.14. The van der Waals surface area contributed by atoms with Crippen molar-refractivity contribution in [2.24, 2.45) is 0 Å². The van der Waals surface area contributed by atoms with E-state index in [2.05, 4.69) is 5.10 Å². The van der Waals surface area contributed by atoms with Crippen molar-refractivity contribution in [3.63, 3.8) is 0 Å². The molecule has 0 saturated carbocycles. The van der Waals surface area contributed by atoms with Gasteiger partial charge in [0.15, 0.2) is 5.78 Å². The average Bonchev–Trinajstić information content (AvgIpc) is 2.77. The van der Waals surface area contributed by atoms with Gasteiger partial charge in [0.1, 0.15) is 5.82 Å². The van der Waals surface area contributed by atoms with E-state index in [1.165, 1.54) is 12.1 Å². The molecule has 0 spiro atoms. The third-order valence-corrected chi connectivity index (χ3v) is 3.00. The fourth-order valence-corrected chi connectivity index (χ4v) is 1.89. The summed E-state index contributed by atoms with van der Waals surface area (Å²) in [5.74, 6) is -0.899. The number of ketones is 1. The van der Waals surface area contributed by atoms with Gasteiger partial charge in [-0.05, 0) is 38.1 Å². The molecule has 0 unspecified atom stereocenters. The van der Waals surface area contributed by atoms with Crippen molar-refractivity contribution >= 4 is 17.4 Å². The lowest BCUT2D eigenvalue weighted by atomic mass is 10.1. The molecule has 1 heterocycles. The van der Waals surface area contributed by atoms with Crippen molar-refractivity contribution < 1.29 is 9.18 Å². The highest BCUT2D eigenvalue weighted by atomic mass is 35.5. The minimum atomic E-state index is -0.596. The number of carbonyl (C=O) groups is 1. The summed E-state index contributed by atoms with van der Waals surface area (Å²) in [5.41, 5.74) is 0.677. The summed E-state index contributed by atoms with van der Waals surface area (Å²) in [6, 6.07) is 6.05. The molecule has 0 radical (unpaired) electrons. The van der Waals surface area contributed by atoms with E-state index in [4.69, 9.17) is 11.6 Å². The summed E-state index contributed by atoms with van der Waals surface area (Å²) in [4.78, 5) is 12.0. The molecule has 1 aromatic heterocycles. The zero-order valence-electron chi connectivity index (χ0n) is 10.7. The molecule has 0 aliphatic carbocycles. The van der Waals surface area contributed by atoms with E-state index in [-0.39, 0.29) is 28.8 Å². The van der Waals surface area contributed by atoms with Gasteiger partial charge in [0.25, 0.3) is 0 Å². The predicted octanol–water partition coefficient (Wildman–Crippen LogP) is 3.68. The lowest BCUT2D eigenvalue weighted by molar-refractivity contribution is 0.0988. The van der Waals surface area contributed by atoms with Crippen LogP contribution in [0.3, 0.4) is 0 Å². The molecule has 2 rings (SSSR count). The maximum absolute atomic E-state index is 13.6. The SMILES string of the molecule is CC(C)n1ccc(CC(=O)c2ccc(Cl)cc2F)n1. The first-order chi connectivity index (χ1) is 8.97. The van der Waals surface area contributed by atoms with Gasteiger partial charge in [0, 0.05) is 17.3 Å². The molecule has 3 nitrogen and oxygen atoms in total. The fraction of sp³-hybridized carbons (Fsp3) is 0.286. The molecule has 0 amide bonds. The van der Waals surface area contributed by atoms with Crippen LogP contribution in [0.25, 0.3) is 0 Å². The van der Waals surface area contributed by atoms with Crippen LogP contribution in [-0.2, 0) is 6.42 Å². The van der Waals surface area contributed by atoms with Crippen LogP contribution >= 0.6 is 11.6 Å². The molecule has 0 aliphatic heterocycles. The van der Waals surface area contributed by atoms with Crippen molar-refractivity contribution in [2.45, 2.75) is 26.3 Å². The number of aromatic nitrogens is 2. The van der Waals surface area contributed by atoms with E-state index >= 15 is 0 Å². The van der Waals surface area contributed by atoms with Crippen molar-refractivity contribution in [1.82, 2.24) is 9.78 Å². The zero-order valence-corrected chi connectivity index (χ0v) is 11.5. The summed E-state index contributed by atoms with van der Waals surface area (Å²) in [6.45, 7) is 3.99. The van der Waals surface area contributed by atoms with Crippen LogP contribution in [0.1, 0.15) is 35.9 Å². The Balaban J connectivity index is 2.16. The van der Waals surface area contributed by atoms with Crippen molar-refractivity contribution in [3.05, 3.63) is 52.6 Å². The fourth-order valence-electron chi connectivity index (χ4n) is 1.73. The Bertz CT molecular complexity index is 607. The Morgan fingerprint density at radius 1 is 1.42 bits per heavy atom. The maximum Gasteiger partial charge on any atom is 0.171 e. The molecule has 5 heteroatoms. The Morgan fingerprint density at radius 2 is 2.16 bits per heavy atom. The van der Waals surface area contributed by atoms with Crippen molar-refractivity contribution in [3.8, 4) is 0 Å². The monoisotopic (exact) mass is 280 g/mol. The highest BCUT2D eigenvalue weighted by molar-refractivity contribution is 6.30. The number of halogens is 2. The minimum Gasteiger partial charge on any atom is -0.294 e. The molecular formula is C14H14ClFN2O. The van der Waals surface area contributed by atoms with E-state index in [0.717, 1.165) is 6.07 Å². The molecule has 1 aromatic carbocycles. The van der Waals surface area contributed by atoms with Gasteiger partial charge < -0.3 is 0 Å². The number of Topliss-reactive ketones (excluding diaryl/α,β-unsaturated/α-hetero) is 1. The highest BCUT2D eigenvalue weighted by Crippen LogP contribution is 2.16. The molecular weight excluding hydrogens is 267 g/mol. The summed E-state index contributed by atoms with van der Waals surface area (Å²) >= 11 is 5.65. The van der Waals surface area contributed by atoms with E-state index in [0.29, 0.717) is 5.69 Å². The third-order valence-electron chi connectivity index (χ3n) is 2.77. The second-order valence-electron chi connectivity index (χ2n) is 4.60. The number of hydrogen-bond acceptors (Lipinski definition) is 2. The number of nitrogens with zero attached hydrogens (tertiary/aromatic N) is 2. The molecule has 0 atom stereocenters. The first kappa shape index (κ1) is 13.7. The number of carbonyl (C=O) groups excluding carboxylic acids is 1. The van der Waals surface area contributed by atoms with Gasteiger partial charge in [-0.3, -0.25) is 9.48 Å². The van der Waals surface area contributed by atoms with E-state index in [1.807, 2.05) is 20.0 Å². The van der Waals surface area contributed by atoms with Crippen LogP contribution in [0.15, 0.2) is 30.5 Å². The van der Waals surface area contributed by atoms with Gasteiger partial charge in [0.05, 0.1) is 17.7 Å². The Kier molecular flexibility index (Phi) is 4.00. The molecule has 0 fully saturated rings.